The number of rotatable bonds is 4. The van der Waals surface area contributed by atoms with Crippen molar-refractivity contribution in [3.63, 3.8) is 0 Å². The van der Waals surface area contributed by atoms with Crippen LogP contribution in [-0.4, -0.2) is 23.9 Å². The smallest absolute Gasteiger partial charge is 0.238 e. The summed E-state index contributed by atoms with van der Waals surface area (Å²) in [6, 6.07) is 15.3. The Labute approximate surface area is 136 Å². The minimum absolute atomic E-state index is 0.171. The maximum atomic E-state index is 13.8. The summed E-state index contributed by atoms with van der Waals surface area (Å²) in [4.78, 5) is 14.4. The molecule has 1 saturated heterocycles. The zero-order chi connectivity index (χ0) is 16.2. The van der Waals surface area contributed by atoms with Gasteiger partial charge in [0.2, 0.25) is 5.91 Å². The van der Waals surface area contributed by atoms with Crippen molar-refractivity contribution in [2.45, 2.75) is 25.8 Å². The van der Waals surface area contributed by atoms with E-state index in [1.165, 1.54) is 11.6 Å². The van der Waals surface area contributed by atoms with Crippen molar-refractivity contribution in [2.75, 3.05) is 18.4 Å². The normalized spacial score (nSPS) is 18.1. The molecule has 0 bridgehead atoms. The highest BCUT2D eigenvalue weighted by atomic mass is 19.1. The summed E-state index contributed by atoms with van der Waals surface area (Å²) < 4.78 is 13.8. The number of hydrogen-bond donors (Lipinski definition) is 1. The van der Waals surface area contributed by atoms with Gasteiger partial charge in [0.25, 0.3) is 0 Å². The van der Waals surface area contributed by atoms with E-state index in [-0.39, 0.29) is 30.0 Å². The number of nitrogens with one attached hydrogen (secondary N) is 1. The van der Waals surface area contributed by atoms with Crippen LogP contribution in [0.4, 0.5) is 10.1 Å². The first-order valence-corrected chi connectivity index (χ1v) is 7.98. The molecule has 1 amide bonds. The van der Waals surface area contributed by atoms with Crippen LogP contribution in [0.25, 0.3) is 0 Å². The van der Waals surface area contributed by atoms with Gasteiger partial charge in [-0.15, -0.1) is 0 Å². The number of halogens is 1. The van der Waals surface area contributed by atoms with E-state index in [1.54, 1.807) is 12.1 Å². The number of amides is 1. The Bertz CT molecular complexity index is 687. The van der Waals surface area contributed by atoms with E-state index in [1.807, 2.05) is 25.1 Å². The van der Waals surface area contributed by atoms with Crippen LogP contribution in [0.1, 0.15) is 30.0 Å². The van der Waals surface area contributed by atoms with E-state index < -0.39 is 0 Å². The molecule has 1 N–H and O–H groups in total. The van der Waals surface area contributed by atoms with Crippen LogP contribution in [0.5, 0.6) is 0 Å². The molecule has 1 heterocycles. The van der Waals surface area contributed by atoms with Crippen molar-refractivity contribution < 1.29 is 9.18 Å². The van der Waals surface area contributed by atoms with Crippen molar-refractivity contribution in [3.8, 4) is 0 Å². The highest BCUT2D eigenvalue weighted by Crippen LogP contribution is 2.31. The molecule has 1 atom stereocenters. The first kappa shape index (κ1) is 15.7. The summed E-state index contributed by atoms with van der Waals surface area (Å²) in [5.41, 5.74) is 2.32. The van der Waals surface area contributed by atoms with Gasteiger partial charge in [0.05, 0.1) is 12.2 Å². The van der Waals surface area contributed by atoms with Gasteiger partial charge in [0, 0.05) is 6.04 Å². The first-order chi connectivity index (χ1) is 11.1. The lowest BCUT2D eigenvalue weighted by molar-refractivity contribution is -0.117. The largest absolute Gasteiger partial charge is 0.322 e. The Hall–Kier alpha value is -2.20. The second-order valence-corrected chi connectivity index (χ2v) is 6.07. The van der Waals surface area contributed by atoms with Crippen molar-refractivity contribution in [1.82, 2.24) is 4.90 Å². The molecule has 4 heteroatoms. The fourth-order valence-corrected chi connectivity index (χ4v) is 3.16. The number of hydrogen-bond acceptors (Lipinski definition) is 2. The molecule has 120 valence electrons. The molecule has 0 aromatic heterocycles. The predicted octanol–water partition coefficient (Wildman–Crippen LogP) is 3.91. The molecular weight excluding hydrogens is 291 g/mol. The van der Waals surface area contributed by atoms with Crippen molar-refractivity contribution in [2.24, 2.45) is 0 Å². The van der Waals surface area contributed by atoms with Gasteiger partial charge in [-0.2, -0.15) is 0 Å². The fourth-order valence-electron chi connectivity index (χ4n) is 3.16. The molecule has 0 aliphatic carbocycles. The number of nitrogens with zero attached hydrogens (tertiary/aromatic N) is 1. The van der Waals surface area contributed by atoms with Gasteiger partial charge in [0.15, 0.2) is 0 Å². The van der Waals surface area contributed by atoms with Gasteiger partial charge in [-0.25, -0.2) is 4.39 Å². The molecular formula is C19H21FN2O. The average molecular weight is 312 g/mol. The number of carbonyl (C=O) groups is 1. The van der Waals surface area contributed by atoms with E-state index in [0.717, 1.165) is 24.9 Å². The third-order valence-electron chi connectivity index (χ3n) is 4.29. The van der Waals surface area contributed by atoms with Gasteiger partial charge in [0.1, 0.15) is 5.82 Å². The first-order valence-electron chi connectivity index (χ1n) is 7.98. The highest BCUT2D eigenvalue weighted by Gasteiger charge is 2.27. The summed E-state index contributed by atoms with van der Waals surface area (Å²) >= 11 is 0. The molecule has 0 spiro atoms. The molecule has 3 nitrogen and oxygen atoms in total. The van der Waals surface area contributed by atoms with Gasteiger partial charge in [-0.05, 0) is 49.6 Å². The second kappa shape index (κ2) is 6.92. The van der Waals surface area contributed by atoms with Crippen molar-refractivity contribution >= 4 is 11.6 Å². The van der Waals surface area contributed by atoms with Crippen LogP contribution in [0.3, 0.4) is 0 Å². The molecule has 0 saturated carbocycles. The summed E-state index contributed by atoms with van der Waals surface area (Å²) in [6.45, 7) is 3.00. The van der Waals surface area contributed by atoms with Crippen LogP contribution >= 0.6 is 0 Å². The topological polar surface area (TPSA) is 32.3 Å². The maximum Gasteiger partial charge on any atom is 0.238 e. The lowest BCUT2D eigenvalue weighted by Crippen LogP contribution is -2.33. The van der Waals surface area contributed by atoms with Crippen LogP contribution in [0, 0.1) is 12.7 Å². The fraction of sp³-hybridized carbons (Fsp3) is 0.316. The molecule has 1 unspecified atom stereocenters. The van der Waals surface area contributed by atoms with Gasteiger partial charge >= 0.3 is 0 Å². The van der Waals surface area contributed by atoms with Crippen molar-refractivity contribution in [1.29, 1.82) is 0 Å². The molecule has 1 aliphatic rings. The van der Waals surface area contributed by atoms with Crippen LogP contribution in [0.2, 0.25) is 0 Å². The lowest BCUT2D eigenvalue weighted by Gasteiger charge is -2.24. The Morgan fingerprint density at radius 1 is 1.26 bits per heavy atom. The molecule has 0 radical (unpaired) electrons. The second-order valence-electron chi connectivity index (χ2n) is 6.07. The predicted molar refractivity (Wildman–Crippen MR) is 89.8 cm³/mol. The quantitative estimate of drug-likeness (QED) is 0.928. The van der Waals surface area contributed by atoms with Gasteiger partial charge < -0.3 is 5.32 Å². The molecule has 1 fully saturated rings. The molecule has 23 heavy (non-hydrogen) atoms. The molecule has 1 aliphatic heterocycles. The SMILES string of the molecule is Cc1ccc(NC(=O)CN2CCCC2c2ccccc2)c(F)c1. The number of aryl methyl sites for hydroxylation is 1. The number of benzene rings is 2. The van der Waals surface area contributed by atoms with Gasteiger partial charge in [-0.1, -0.05) is 36.4 Å². The minimum Gasteiger partial charge on any atom is -0.322 e. The molecule has 2 aromatic rings. The van der Waals surface area contributed by atoms with Crippen LogP contribution in [0.15, 0.2) is 48.5 Å². The summed E-state index contributed by atoms with van der Waals surface area (Å²) in [5, 5.41) is 2.68. The standard InChI is InChI=1S/C19H21FN2O/c1-14-9-10-17(16(20)12-14)21-19(23)13-22-11-5-8-18(22)15-6-3-2-4-7-15/h2-4,6-7,9-10,12,18H,5,8,11,13H2,1H3,(H,21,23). The number of carbonyl (C=O) groups excluding carboxylic acids is 1. The van der Waals surface area contributed by atoms with E-state index in [9.17, 15) is 9.18 Å². The zero-order valence-electron chi connectivity index (χ0n) is 13.3. The third-order valence-corrected chi connectivity index (χ3v) is 4.29. The van der Waals surface area contributed by atoms with Crippen LogP contribution < -0.4 is 5.32 Å². The lowest BCUT2D eigenvalue weighted by atomic mass is 10.0. The summed E-state index contributed by atoms with van der Waals surface area (Å²) in [5.74, 6) is -0.560. The summed E-state index contributed by atoms with van der Waals surface area (Å²) in [7, 11) is 0. The number of anilines is 1. The Balaban J connectivity index is 1.65. The van der Waals surface area contributed by atoms with Crippen LogP contribution in [-0.2, 0) is 4.79 Å². The average Bonchev–Trinajstić information content (AvgIpc) is 2.99. The monoisotopic (exact) mass is 312 g/mol. The zero-order valence-corrected chi connectivity index (χ0v) is 13.3. The van der Waals surface area contributed by atoms with Gasteiger partial charge in [-0.3, -0.25) is 9.69 Å². The van der Waals surface area contributed by atoms with E-state index >= 15 is 0 Å². The number of likely N-dealkylation sites (tertiary alicyclic amines) is 1. The minimum atomic E-state index is -0.389. The molecule has 2 aromatic carbocycles. The van der Waals surface area contributed by atoms with E-state index in [2.05, 4.69) is 22.3 Å². The van der Waals surface area contributed by atoms with Crippen molar-refractivity contribution in [3.05, 3.63) is 65.5 Å². The Kier molecular flexibility index (Phi) is 4.72. The highest BCUT2D eigenvalue weighted by molar-refractivity contribution is 5.92. The Morgan fingerprint density at radius 2 is 2.04 bits per heavy atom. The maximum absolute atomic E-state index is 13.8. The van der Waals surface area contributed by atoms with E-state index in [0.29, 0.717) is 0 Å². The molecule has 3 rings (SSSR count). The van der Waals surface area contributed by atoms with E-state index in [4.69, 9.17) is 0 Å². The third kappa shape index (κ3) is 3.77. The summed E-state index contributed by atoms with van der Waals surface area (Å²) in [6.07, 6.45) is 2.13. The Morgan fingerprint density at radius 3 is 2.78 bits per heavy atom.